The summed E-state index contributed by atoms with van der Waals surface area (Å²) in [5.41, 5.74) is 3.84. The Balaban J connectivity index is 2.12. The van der Waals surface area contributed by atoms with Crippen molar-refractivity contribution in [3.05, 3.63) is 82.9 Å². The molecule has 0 saturated heterocycles. The van der Waals surface area contributed by atoms with Crippen molar-refractivity contribution in [3.8, 4) is 11.5 Å². The summed E-state index contributed by atoms with van der Waals surface area (Å²) in [7, 11) is -1.38. The molecular formula is C33H43N3O6S. The van der Waals surface area contributed by atoms with Crippen LogP contribution in [0.4, 0.5) is 5.69 Å². The molecule has 10 heteroatoms. The van der Waals surface area contributed by atoms with E-state index < -0.39 is 28.5 Å². The van der Waals surface area contributed by atoms with Crippen molar-refractivity contribution in [2.45, 2.75) is 71.5 Å². The maximum Gasteiger partial charge on any atom is 0.264 e. The van der Waals surface area contributed by atoms with Gasteiger partial charge in [0.15, 0.2) is 11.5 Å². The van der Waals surface area contributed by atoms with E-state index in [2.05, 4.69) is 5.32 Å². The molecule has 43 heavy (non-hydrogen) atoms. The molecule has 0 saturated carbocycles. The number of carbonyl (C=O) groups excluding carboxylic acids is 2. The van der Waals surface area contributed by atoms with E-state index in [9.17, 15) is 18.0 Å². The molecule has 2 atom stereocenters. The maximum atomic E-state index is 14.3. The van der Waals surface area contributed by atoms with Crippen molar-refractivity contribution in [2.75, 3.05) is 25.1 Å². The Hall–Kier alpha value is -4.05. The van der Waals surface area contributed by atoms with E-state index in [0.29, 0.717) is 11.4 Å². The number of methoxy groups -OCH3 is 2. The van der Waals surface area contributed by atoms with Crippen LogP contribution in [-0.4, -0.2) is 58.0 Å². The molecule has 0 fully saturated rings. The topological polar surface area (TPSA) is 105 Å². The van der Waals surface area contributed by atoms with Gasteiger partial charge in [0, 0.05) is 18.7 Å². The second-order valence-electron chi connectivity index (χ2n) is 10.8. The number of aryl methyl sites for hydroxylation is 3. The van der Waals surface area contributed by atoms with Crippen LogP contribution < -0.4 is 19.1 Å². The number of rotatable bonds is 13. The molecule has 0 spiro atoms. The molecule has 2 amide bonds. The second kappa shape index (κ2) is 14.4. The number of hydrogen-bond donors (Lipinski definition) is 1. The zero-order valence-corrected chi connectivity index (χ0v) is 27.1. The molecule has 0 aliphatic heterocycles. The lowest BCUT2D eigenvalue weighted by Gasteiger charge is -2.33. The van der Waals surface area contributed by atoms with Gasteiger partial charge in [-0.3, -0.25) is 13.9 Å². The average molecular weight is 610 g/mol. The predicted octanol–water partition coefficient (Wildman–Crippen LogP) is 5.16. The number of carbonyl (C=O) groups is 2. The standard InChI is InChI=1S/C33H43N3O6S/c1-9-25(5)34-33(38)26(6)35(20-27-13-11-10-12-24(27)4)32(37)21-36(28-17-22(2)16-23(3)18-28)43(39,40)29-14-15-30(41-7)31(19-29)42-8/h10-19,25-26H,9,20-21H2,1-8H3,(H,34,38)/t25-,26-/m1/s1. The Bertz CT molecular complexity index is 1540. The highest BCUT2D eigenvalue weighted by Crippen LogP contribution is 2.33. The second-order valence-corrected chi connectivity index (χ2v) is 12.7. The van der Waals surface area contributed by atoms with E-state index in [0.717, 1.165) is 33.0 Å². The van der Waals surface area contributed by atoms with E-state index in [1.54, 1.807) is 19.1 Å². The first kappa shape index (κ1) is 33.5. The van der Waals surface area contributed by atoms with Crippen LogP contribution in [0.2, 0.25) is 0 Å². The minimum Gasteiger partial charge on any atom is -0.493 e. The SMILES string of the molecule is CC[C@@H](C)NC(=O)[C@@H](C)N(Cc1ccccc1C)C(=O)CN(c1cc(C)cc(C)c1)S(=O)(=O)c1ccc(OC)c(OC)c1. The smallest absolute Gasteiger partial charge is 0.264 e. The van der Waals surface area contributed by atoms with Crippen molar-refractivity contribution in [1.82, 2.24) is 10.2 Å². The van der Waals surface area contributed by atoms with Crippen molar-refractivity contribution in [2.24, 2.45) is 0 Å². The van der Waals surface area contributed by atoms with E-state index in [1.807, 2.05) is 65.0 Å². The van der Waals surface area contributed by atoms with Crippen LogP contribution in [-0.2, 0) is 26.2 Å². The Kier molecular flexibility index (Phi) is 11.2. The summed E-state index contributed by atoms with van der Waals surface area (Å²) in [5.74, 6) is -0.205. The summed E-state index contributed by atoms with van der Waals surface area (Å²) >= 11 is 0. The van der Waals surface area contributed by atoms with Gasteiger partial charge in [0.25, 0.3) is 10.0 Å². The lowest BCUT2D eigenvalue weighted by molar-refractivity contribution is -0.139. The normalized spacial score (nSPS) is 12.7. The van der Waals surface area contributed by atoms with Crippen molar-refractivity contribution in [3.63, 3.8) is 0 Å². The molecule has 0 radical (unpaired) electrons. The van der Waals surface area contributed by atoms with Crippen LogP contribution in [0, 0.1) is 20.8 Å². The fraction of sp³-hybridized carbons (Fsp3) is 0.394. The summed E-state index contributed by atoms with van der Waals surface area (Å²) in [6, 6.07) is 16.4. The van der Waals surface area contributed by atoms with Crippen LogP contribution in [0.15, 0.2) is 65.6 Å². The molecule has 0 aliphatic rings. The fourth-order valence-electron chi connectivity index (χ4n) is 4.75. The van der Waals surface area contributed by atoms with Crippen LogP contribution in [0.3, 0.4) is 0 Å². The molecule has 0 heterocycles. The molecule has 3 aromatic carbocycles. The number of hydrogen-bond acceptors (Lipinski definition) is 6. The van der Waals surface area contributed by atoms with Gasteiger partial charge >= 0.3 is 0 Å². The number of benzene rings is 3. The number of sulfonamides is 1. The summed E-state index contributed by atoms with van der Waals surface area (Å²) in [6.45, 7) is 10.8. The molecule has 9 nitrogen and oxygen atoms in total. The molecule has 0 aromatic heterocycles. The van der Waals surface area contributed by atoms with Gasteiger partial charge in [0.2, 0.25) is 11.8 Å². The Morgan fingerprint density at radius 3 is 2.09 bits per heavy atom. The third kappa shape index (κ3) is 8.07. The molecular weight excluding hydrogens is 566 g/mol. The highest BCUT2D eigenvalue weighted by atomic mass is 32.2. The molecule has 0 bridgehead atoms. The minimum absolute atomic E-state index is 0.0647. The van der Waals surface area contributed by atoms with Crippen LogP contribution >= 0.6 is 0 Å². The third-order valence-electron chi connectivity index (χ3n) is 7.49. The highest BCUT2D eigenvalue weighted by molar-refractivity contribution is 7.92. The van der Waals surface area contributed by atoms with Gasteiger partial charge in [-0.1, -0.05) is 37.3 Å². The zero-order valence-electron chi connectivity index (χ0n) is 26.3. The molecule has 3 rings (SSSR count). The van der Waals surface area contributed by atoms with Gasteiger partial charge in [0.05, 0.1) is 24.8 Å². The van der Waals surface area contributed by atoms with Crippen molar-refractivity contribution >= 4 is 27.5 Å². The summed E-state index contributed by atoms with van der Waals surface area (Å²) in [6.07, 6.45) is 0.730. The third-order valence-corrected chi connectivity index (χ3v) is 9.26. The van der Waals surface area contributed by atoms with Crippen LogP contribution in [0.1, 0.15) is 49.4 Å². The first-order valence-electron chi connectivity index (χ1n) is 14.3. The van der Waals surface area contributed by atoms with E-state index in [1.165, 1.54) is 37.3 Å². The van der Waals surface area contributed by atoms with Crippen LogP contribution in [0.25, 0.3) is 0 Å². The monoisotopic (exact) mass is 609 g/mol. The lowest BCUT2D eigenvalue weighted by atomic mass is 10.1. The average Bonchev–Trinajstić information content (AvgIpc) is 2.97. The maximum absolute atomic E-state index is 14.3. The van der Waals surface area contributed by atoms with Crippen molar-refractivity contribution in [1.29, 1.82) is 0 Å². The van der Waals surface area contributed by atoms with Gasteiger partial charge in [-0.2, -0.15) is 0 Å². The molecule has 232 valence electrons. The first-order valence-corrected chi connectivity index (χ1v) is 15.7. The Morgan fingerprint density at radius 1 is 0.884 bits per heavy atom. The molecule has 3 aromatic rings. The van der Waals surface area contributed by atoms with Gasteiger partial charge in [-0.15, -0.1) is 0 Å². The van der Waals surface area contributed by atoms with Gasteiger partial charge in [0.1, 0.15) is 12.6 Å². The Morgan fingerprint density at radius 2 is 1.51 bits per heavy atom. The fourth-order valence-corrected chi connectivity index (χ4v) is 6.16. The molecule has 0 aliphatic carbocycles. The van der Waals surface area contributed by atoms with E-state index in [-0.39, 0.29) is 29.1 Å². The van der Waals surface area contributed by atoms with Crippen LogP contribution in [0.5, 0.6) is 11.5 Å². The van der Waals surface area contributed by atoms with E-state index >= 15 is 0 Å². The number of anilines is 1. The first-order chi connectivity index (χ1) is 20.3. The summed E-state index contributed by atoms with van der Waals surface area (Å²) in [4.78, 5) is 28.9. The number of ether oxygens (including phenoxy) is 2. The highest BCUT2D eigenvalue weighted by Gasteiger charge is 2.33. The minimum atomic E-state index is -4.27. The van der Waals surface area contributed by atoms with Crippen molar-refractivity contribution < 1.29 is 27.5 Å². The van der Waals surface area contributed by atoms with Gasteiger partial charge < -0.3 is 19.7 Å². The largest absolute Gasteiger partial charge is 0.493 e. The lowest BCUT2D eigenvalue weighted by Crippen LogP contribution is -2.52. The summed E-state index contributed by atoms with van der Waals surface area (Å²) < 4.78 is 40.3. The number of nitrogens with one attached hydrogen (secondary N) is 1. The van der Waals surface area contributed by atoms with Gasteiger partial charge in [-0.25, -0.2) is 8.42 Å². The Labute approximate surface area is 255 Å². The van der Waals surface area contributed by atoms with E-state index in [4.69, 9.17) is 9.47 Å². The number of amides is 2. The predicted molar refractivity (Wildman–Crippen MR) is 169 cm³/mol. The molecule has 0 unspecified atom stereocenters. The molecule has 1 N–H and O–H groups in total. The number of nitrogens with zero attached hydrogens (tertiary/aromatic N) is 2. The zero-order chi connectivity index (χ0) is 31.9. The van der Waals surface area contributed by atoms with Gasteiger partial charge in [-0.05, 0) is 87.6 Å². The quantitative estimate of drug-likeness (QED) is 0.287. The summed E-state index contributed by atoms with van der Waals surface area (Å²) in [5, 5.41) is 2.95.